The first-order chi connectivity index (χ1) is 10.5. The van der Waals surface area contributed by atoms with Gasteiger partial charge in [-0.15, -0.1) is 0 Å². The van der Waals surface area contributed by atoms with E-state index in [1.807, 2.05) is 13.8 Å². The van der Waals surface area contributed by atoms with Crippen molar-refractivity contribution in [3.05, 3.63) is 53.7 Å². The summed E-state index contributed by atoms with van der Waals surface area (Å²) in [5.41, 5.74) is 1.36. The van der Waals surface area contributed by atoms with Gasteiger partial charge in [-0.25, -0.2) is 14.4 Å². The van der Waals surface area contributed by atoms with E-state index in [4.69, 9.17) is 0 Å². The summed E-state index contributed by atoms with van der Waals surface area (Å²) in [6.07, 6.45) is 2.09. The van der Waals surface area contributed by atoms with Crippen LogP contribution in [-0.4, -0.2) is 28.5 Å². The molecule has 2 aromatic rings. The summed E-state index contributed by atoms with van der Waals surface area (Å²) >= 11 is 0. The first kappa shape index (κ1) is 15.9. The third-order valence-electron chi connectivity index (χ3n) is 2.95. The number of halogens is 1. The van der Waals surface area contributed by atoms with Crippen molar-refractivity contribution in [1.29, 1.82) is 0 Å². The average Bonchev–Trinajstić information content (AvgIpc) is 2.49. The number of hydrogen-bond donors (Lipinski definition) is 2. The van der Waals surface area contributed by atoms with Crippen molar-refractivity contribution in [3.8, 4) is 0 Å². The SMILES string of the molecule is CC(C)NC(=O)c1cc(NCCc2ccc(F)cc2)ncn1. The smallest absolute Gasteiger partial charge is 0.270 e. The van der Waals surface area contributed by atoms with Gasteiger partial charge in [-0.05, 0) is 38.0 Å². The number of amides is 1. The van der Waals surface area contributed by atoms with E-state index in [1.165, 1.54) is 18.5 Å². The van der Waals surface area contributed by atoms with Gasteiger partial charge in [-0.1, -0.05) is 12.1 Å². The molecule has 2 rings (SSSR count). The zero-order valence-corrected chi connectivity index (χ0v) is 12.6. The maximum absolute atomic E-state index is 12.8. The lowest BCUT2D eigenvalue weighted by Gasteiger charge is -2.09. The van der Waals surface area contributed by atoms with Crippen molar-refractivity contribution in [1.82, 2.24) is 15.3 Å². The van der Waals surface area contributed by atoms with E-state index in [0.717, 1.165) is 12.0 Å². The van der Waals surface area contributed by atoms with Crippen LogP contribution in [0.4, 0.5) is 10.2 Å². The Morgan fingerprint density at radius 3 is 2.64 bits per heavy atom. The molecule has 22 heavy (non-hydrogen) atoms. The lowest BCUT2D eigenvalue weighted by Crippen LogP contribution is -2.30. The van der Waals surface area contributed by atoms with Gasteiger partial charge in [-0.3, -0.25) is 4.79 Å². The van der Waals surface area contributed by atoms with Crippen molar-refractivity contribution in [2.45, 2.75) is 26.3 Å². The molecule has 0 aliphatic carbocycles. The molecule has 0 saturated carbocycles. The van der Waals surface area contributed by atoms with E-state index < -0.39 is 0 Å². The van der Waals surface area contributed by atoms with E-state index >= 15 is 0 Å². The van der Waals surface area contributed by atoms with Gasteiger partial charge < -0.3 is 10.6 Å². The maximum atomic E-state index is 12.8. The molecule has 1 amide bonds. The molecule has 116 valence electrons. The quantitative estimate of drug-likeness (QED) is 0.860. The Kier molecular flexibility index (Phi) is 5.41. The van der Waals surface area contributed by atoms with Crippen molar-refractivity contribution in [2.24, 2.45) is 0 Å². The van der Waals surface area contributed by atoms with Crippen LogP contribution >= 0.6 is 0 Å². The Bertz CT molecular complexity index is 628. The molecule has 0 fully saturated rings. The summed E-state index contributed by atoms with van der Waals surface area (Å²) in [6.45, 7) is 4.41. The molecule has 1 aromatic carbocycles. The van der Waals surface area contributed by atoms with Gasteiger partial charge in [0.1, 0.15) is 23.7 Å². The van der Waals surface area contributed by atoms with Gasteiger partial charge in [0.2, 0.25) is 0 Å². The molecule has 5 nitrogen and oxygen atoms in total. The zero-order valence-electron chi connectivity index (χ0n) is 12.6. The standard InChI is InChI=1S/C16H19FN4O/c1-11(2)21-16(22)14-9-15(20-10-19-14)18-8-7-12-3-5-13(17)6-4-12/h3-6,9-11H,7-8H2,1-2H3,(H,21,22)(H,18,19,20). The van der Waals surface area contributed by atoms with Crippen molar-refractivity contribution in [2.75, 3.05) is 11.9 Å². The molecule has 0 aliphatic heterocycles. The second-order valence-corrected chi connectivity index (χ2v) is 5.22. The Morgan fingerprint density at radius 1 is 1.23 bits per heavy atom. The van der Waals surface area contributed by atoms with E-state index in [-0.39, 0.29) is 17.8 Å². The van der Waals surface area contributed by atoms with Crippen molar-refractivity contribution >= 4 is 11.7 Å². The highest BCUT2D eigenvalue weighted by Crippen LogP contribution is 2.07. The van der Waals surface area contributed by atoms with Gasteiger partial charge in [0.15, 0.2) is 0 Å². The monoisotopic (exact) mass is 302 g/mol. The maximum Gasteiger partial charge on any atom is 0.270 e. The predicted octanol–water partition coefficient (Wildman–Crippen LogP) is 2.41. The van der Waals surface area contributed by atoms with Crippen molar-refractivity contribution in [3.63, 3.8) is 0 Å². The fourth-order valence-electron chi connectivity index (χ4n) is 1.90. The number of carbonyl (C=O) groups is 1. The van der Waals surface area contributed by atoms with Crippen LogP contribution in [0.3, 0.4) is 0 Å². The van der Waals surface area contributed by atoms with Crippen LogP contribution < -0.4 is 10.6 Å². The largest absolute Gasteiger partial charge is 0.370 e. The van der Waals surface area contributed by atoms with Gasteiger partial charge >= 0.3 is 0 Å². The lowest BCUT2D eigenvalue weighted by molar-refractivity contribution is 0.0938. The highest BCUT2D eigenvalue weighted by Gasteiger charge is 2.09. The minimum Gasteiger partial charge on any atom is -0.370 e. The molecule has 0 unspecified atom stereocenters. The fourth-order valence-corrected chi connectivity index (χ4v) is 1.90. The highest BCUT2D eigenvalue weighted by atomic mass is 19.1. The zero-order chi connectivity index (χ0) is 15.9. The van der Waals surface area contributed by atoms with Crippen LogP contribution in [0.1, 0.15) is 29.9 Å². The fraction of sp³-hybridized carbons (Fsp3) is 0.312. The molecular formula is C16H19FN4O. The number of carbonyl (C=O) groups excluding carboxylic acids is 1. The molecule has 1 aromatic heterocycles. The number of nitrogens with zero attached hydrogens (tertiary/aromatic N) is 2. The van der Waals surface area contributed by atoms with Crippen LogP contribution in [0.2, 0.25) is 0 Å². The molecule has 6 heteroatoms. The topological polar surface area (TPSA) is 66.9 Å². The van der Waals surface area contributed by atoms with E-state index in [1.54, 1.807) is 18.2 Å². The molecule has 0 aliphatic rings. The van der Waals surface area contributed by atoms with Crippen LogP contribution in [0, 0.1) is 5.82 Å². The van der Waals surface area contributed by atoms with E-state index in [9.17, 15) is 9.18 Å². The van der Waals surface area contributed by atoms with Crippen molar-refractivity contribution < 1.29 is 9.18 Å². The summed E-state index contributed by atoms with van der Waals surface area (Å²) < 4.78 is 12.8. The van der Waals surface area contributed by atoms with E-state index in [2.05, 4.69) is 20.6 Å². The first-order valence-corrected chi connectivity index (χ1v) is 7.16. The molecule has 2 N–H and O–H groups in total. The van der Waals surface area contributed by atoms with Gasteiger partial charge in [-0.2, -0.15) is 0 Å². The average molecular weight is 302 g/mol. The number of anilines is 1. The van der Waals surface area contributed by atoms with Gasteiger partial charge in [0.25, 0.3) is 5.91 Å². The number of nitrogens with one attached hydrogen (secondary N) is 2. The highest BCUT2D eigenvalue weighted by molar-refractivity contribution is 5.92. The van der Waals surface area contributed by atoms with Crippen LogP contribution in [0.5, 0.6) is 0 Å². The van der Waals surface area contributed by atoms with Crippen LogP contribution in [0.15, 0.2) is 36.7 Å². The molecule has 0 atom stereocenters. The molecule has 0 bridgehead atoms. The Balaban J connectivity index is 1.90. The minimum atomic E-state index is -0.242. The third kappa shape index (κ3) is 4.80. The summed E-state index contributed by atoms with van der Waals surface area (Å²) in [5, 5.41) is 5.91. The predicted molar refractivity (Wildman–Crippen MR) is 83.2 cm³/mol. The molecule has 1 heterocycles. The second kappa shape index (κ2) is 7.49. The minimum absolute atomic E-state index is 0.0531. The molecular weight excluding hydrogens is 283 g/mol. The molecule has 0 radical (unpaired) electrons. The van der Waals surface area contributed by atoms with E-state index in [0.29, 0.717) is 18.1 Å². The first-order valence-electron chi connectivity index (χ1n) is 7.16. The van der Waals surface area contributed by atoms with Crippen LogP contribution in [-0.2, 0) is 6.42 Å². The Hall–Kier alpha value is -2.50. The number of aromatic nitrogens is 2. The summed E-state index contributed by atoms with van der Waals surface area (Å²) in [4.78, 5) is 19.9. The van der Waals surface area contributed by atoms with Gasteiger partial charge in [0, 0.05) is 18.7 Å². The Labute approximate surface area is 129 Å². The summed E-state index contributed by atoms with van der Waals surface area (Å²) in [6, 6.07) is 8.04. The number of benzene rings is 1. The number of hydrogen-bond acceptors (Lipinski definition) is 4. The third-order valence-corrected chi connectivity index (χ3v) is 2.95. The summed E-state index contributed by atoms with van der Waals surface area (Å²) in [7, 11) is 0. The van der Waals surface area contributed by atoms with Gasteiger partial charge in [0.05, 0.1) is 0 Å². The normalized spacial score (nSPS) is 10.5. The molecule has 0 spiro atoms. The number of rotatable bonds is 6. The lowest BCUT2D eigenvalue weighted by atomic mass is 10.1. The summed E-state index contributed by atoms with van der Waals surface area (Å²) in [5.74, 6) is 0.123. The van der Waals surface area contributed by atoms with Crippen LogP contribution in [0.25, 0.3) is 0 Å². The molecule has 0 saturated heterocycles. The second-order valence-electron chi connectivity index (χ2n) is 5.22. The Morgan fingerprint density at radius 2 is 1.95 bits per heavy atom.